The summed E-state index contributed by atoms with van der Waals surface area (Å²) >= 11 is 0. The second kappa shape index (κ2) is 4.25. The van der Waals surface area contributed by atoms with Gasteiger partial charge in [-0.2, -0.15) is 0 Å². The maximum Gasteiger partial charge on any atom is 0.336 e. The number of carboxylic acid groups (broad SMARTS) is 3. The lowest BCUT2D eigenvalue weighted by Crippen LogP contribution is -2.14. The standard InChI is InChI=1S/C11H10O6/c1-4-6(9(12)13)3-7(10(14)15)5(2)8(4)11(16)17/h3H,1-2H3,(H,12,13)(H,14,15)(H,16,17). The van der Waals surface area contributed by atoms with E-state index < -0.39 is 17.9 Å². The fraction of sp³-hybridized carbons (Fsp3) is 0.182. The maximum absolute atomic E-state index is 11.0. The van der Waals surface area contributed by atoms with Gasteiger partial charge in [0.15, 0.2) is 0 Å². The molecule has 0 aliphatic heterocycles. The Kier molecular flexibility index (Phi) is 3.17. The highest BCUT2D eigenvalue weighted by Crippen LogP contribution is 2.23. The van der Waals surface area contributed by atoms with Crippen LogP contribution in [0.3, 0.4) is 0 Å². The number of aromatic carboxylic acids is 3. The van der Waals surface area contributed by atoms with Crippen molar-refractivity contribution < 1.29 is 29.7 Å². The third kappa shape index (κ3) is 2.10. The van der Waals surface area contributed by atoms with Crippen LogP contribution in [-0.2, 0) is 0 Å². The predicted octanol–water partition coefficient (Wildman–Crippen LogP) is 1.40. The van der Waals surface area contributed by atoms with Gasteiger partial charge in [0, 0.05) is 0 Å². The van der Waals surface area contributed by atoms with E-state index >= 15 is 0 Å². The molecule has 0 aliphatic rings. The first-order valence-corrected chi connectivity index (χ1v) is 4.61. The van der Waals surface area contributed by atoms with Crippen LogP contribution in [-0.4, -0.2) is 33.2 Å². The maximum atomic E-state index is 11.0. The van der Waals surface area contributed by atoms with Crippen LogP contribution in [0.4, 0.5) is 0 Å². The van der Waals surface area contributed by atoms with Gasteiger partial charge in [-0.25, -0.2) is 14.4 Å². The minimum Gasteiger partial charge on any atom is -0.478 e. The van der Waals surface area contributed by atoms with E-state index in [4.69, 9.17) is 15.3 Å². The highest BCUT2D eigenvalue weighted by molar-refractivity contribution is 6.02. The number of carbonyl (C=O) groups is 3. The minimum absolute atomic E-state index is 0.0486. The molecule has 0 fully saturated rings. The Balaban J connectivity index is 3.76. The Morgan fingerprint density at radius 3 is 1.41 bits per heavy atom. The molecule has 0 saturated carbocycles. The third-order valence-electron chi connectivity index (χ3n) is 2.52. The molecule has 0 atom stereocenters. The van der Waals surface area contributed by atoms with Crippen LogP contribution in [0.15, 0.2) is 6.07 Å². The van der Waals surface area contributed by atoms with E-state index in [2.05, 4.69) is 0 Å². The molecule has 0 spiro atoms. The van der Waals surface area contributed by atoms with E-state index in [1.54, 1.807) is 0 Å². The summed E-state index contributed by atoms with van der Waals surface area (Å²) in [6.45, 7) is 2.68. The average Bonchev–Trinajstić information content (AvgIpc) is 2.15. The molecule has 90 valence electrons. The molecule has 1 aromatic carbocycles. The Morgan fingerprint density at radius 2 is 1.18 bits per heavy atom. The first-order valence-electron chi connectivity index (χ1n) is 4.61. The molecule has 1 aromatic rings. The summed E-state index contributed by atoms with van der Waals surface area (Å²) in [6.07, 6.45) is 0. The summed E-state index contributed by atoms with van der Waals surface area (Å²) in [4.78, 5) is 32.8. The van der Waals surface area contributed by atoms with Gasteiger partial charge in [-0.05, 0) is 31.0 Å². The second-order valence-corrected chi connectivity index (χ2v) is 3.51. The van der Waals surface area contributed by atoms with Crippen LogP contribution in [0.5, 0.6) is 0 Å². The zero-order valence-electron chi connectivity index (χ0n) is 9.14. The zero-order chi connectivity index (χ0) is 13.3. The molecule has 0 radical (unpaired) electrons. The second-order valence-electron chi connectivity index (χ2n) is 3.51. The summed E-state index contributed by atoms with van der Waals surface area (Å²) < 4.78 is 0. The van der Waals surface area contributed by atoms with Gasteiger partial charge in [0.25, 0.3) is 0 Å². The lowest BCUT2D eigenvalue weighted by atomic mass is 9.93. The molecule has 0 unspecified atom stereocenters. The average molecular weight is 238 g/mol. The van der Waals surface area contributed by atoms with Crippen molar-refractivity contribution in [1.82, 2.24) is 0 Å². The molecule has 0 aliphatic carbocycles. The number of benzene rings is 1. The topological polar surface area (TPSA) is 112 Å². The molecule has 6 heteroatoms. The van der Waals surface area contributed by atoms with E-state index in [0.29, 0.717) is 0 Å². The quantitative estimate of drug-likeness (QED) is 0.733. The minimum atomic E-state index is -1.35. The van der Waals surface area contributed by atoms with E-state index in [9.17, 15) is 14.4 Å². The van der Waals surface area contributed by atoms with Gasteiger partial charge in [-0.1, -0.05) is 0 Å². The molecular formula is C11H10O6. The van der Waals surface area contributed by atoms with E-state index in [-0.39, 0.29) is 27.8 Å². The van der Waals surface area contributed by atoms with Gasteiger partial charge >= 0.3 is 17.9 Å². The largest absolute Gasteiger partial charge is 0.478 e. The van der Waals surface area contributed by atoms with E-state index in [1.807, 2.05) is 0 Å². The molecule has 0 heterocycles. The fourth-order valence-electron chi connectivity index (χ4n) is 1.68. The molecular weight excluding hydrogens is 228 g/mol. The summed E-state index contributed by atoms with van der Waals surface area (Å²) in [5, 5.41) is 26.7. The highest BCUT2D eigenvalue weighted by atomic mass is 16.4. The molecule has 6 nitrogen and oxygen atoms in total. The lowest BCUT2D eigenvalue weighted by molar-refractivity contribution is 0.0695. The molecule has 3 N–H and O–H groups in total. The monoisotopic (exact) mass is 238 g/mol. The Bertz CT molecular complexity index is 491. The normalized spacial score (nSPS) is 10.0. The predicted molar refractivity (Wildman–Crippen MR) is 56.8 cm³/mol. The summed E-state index contributed by atoms with van der Waals surface area (Å²) in [5.41, 5.74) is -0.807. The van der Waals surface area contributed by atoms with Crippen LogP contribution >= 0.6 is 0 Å². The van der Waals surface area contributed by atoms with Gasteiger partial charge in [0.05, 0.1) is 16.7 Å². The molecule has 0 aromatic heterocycles. The summed E-state index contributed by atoms with van der Waals surface area (Å²) in [6, 6.07) is 0.974. The summed E-state index contributed by atoms with van der Waals surface area (Å²) in [5.74, 6) is -4.05. The van der Waals surface area contributed by atoms with Crippen molar-refractivity contribution in [2.75, 3.05) is 0 Å². The van der Waals surface area contributed by atoms with Crippen molar-refractivity contribution in [3.8, 4) is 0 Å². The molecule has 0 saturated heterocycles. The van der Waals surface area contributed by atoms with Crippen molar-refractivity contribution in [3.63, 3.8) is 0 Å². The number of carboxylic acids is 3. The van der Waals surface area contributed by atoms with E-state index in [1.165, 1.54) is 13.8 Å². The van der Waals surface area contributed by atoms with Crippen LogP contribution in [0.2, 0.25) is 0 Å². The number of hydrogen-bond acceptors (Lipinski definition) is 3. The van der Waals surface area contributed by atoms with Gasteiger partial charge in [-0.15, -0.1) is 0 Å². The molecule has 0 bridgehead atoms. The highest BCUT2D eigenvalue weighted by Gasteiger charge is 2.23. The Labute approximate surface area is 96.1 Å². The van der Waals surface area contributed by atoms with Crippen molar-refractivity contribution in [2.24, 2.45) is 0 Å². The van der Waals surface area contributed by atoms with Gasteiger partial charge in [0.1, 0.15) is 0 Å². The SMILES string of the molecule is Cc1c(C(=O)O)cc(C(=O)O)c(C)c1C(=O)O. The summed E-state index contributed by atoms with van der Waals surface area (Å²) in [7, 11) is 0. The van der Waals surface area contributed by atoms with Crippen molar-refractivity contribution in [2.45, 2.75) is 13.8 Å². The van der Waals surface area contributed by atoms with Crippen LogP contribution in [0, 0.1) is 13.8 Å². The molecule has 0 amide bonds. The Hall–Kier alpha value is -2.37. The molecule has 1 rings (SSSR count). The van der Waals surface area contributed by atoms with Crippen LogP contribution in [0.25, 0.3) is 0 Å². The van der Waals surface area contributed by atoms with E-state index in [0.717, 1.165) is 6.07 Å². The first-order chi connectivity index (χ1) is 7.77. The lowest BCUT2D eigenvalue weighted by Gasteiger charge is -2.11. The Morgan fingerprint density at radius 1 is 0.824 bits per heavy atom. The number of hydrogen-bond donors (Lipinski definition) is 3. The fourth-order valence-corrected chi connectivity index (χ4v) is 1.68. The van der Waals surface area contributed by atoms with Crippen molar-refractivity contribution >= 4 is 17.9 Å². The van der Waals surface area contributed by atoms with Crippen molar-refractivity contribution in [1.29, 1.82) is 0 Å². The van der Waals surface area contributed by atoms with Gasteiger partial charge < -0.3 is 15.3 Å². The zero-order valence-corrected chi connectivity index (χ0v) is 9.14. The smallest absolute Gasteiger partial charge is 0.336 e. The van der Waals surface area contributed by atoms with Crippen LogP contribution in [0.1, 0.15) is 42.2 Å². The third-order valence-corrected chi connectivity index (χ3v) is 2.52. The molecule has 17 heavy (non-hydrogen) atoms. The van der Waals surface area contributed by atoms with Gasteiger partial charge in [0.2, 0.25) is 0 Å². The first kappa shape index (κ1) is 12.7. The van der Waals surface area contributed by atoms with Gasteiger partial charge in [-0.3, -0.25) is 0 Å². The van der Waals surface area contributed by atoms with Crippen molar-refractivity contribution in [3.05, 3.63) is 33.9 Å². The van der Waals surface area contributed by atoms with Crippen LogP contribution < -0.4 is 0 Å². The number of rotatable bonds is 3.